The van der Waals surface area contributed by atoms with E-state index in [1.54, 1.807) is 22.9 Å². The maximum Gasteiger partial charge on any atom is 0.255 e. The fourth-order valence-electron chi connectivity index (χ4n) is 3.78. The molecular weight excluding hydrogens is 278 g/mol. The smallest absolute Gasteiger partial charge is 0.255 e. The average molecular weight is 297 g/mol. The number of piperidine rings is 1. The molecule has 0 N–H and O–H groups in total. The molecule has 6 heteroatoms. The van der Waals surface area contributed by atoms with Gasteiger partial charge in [-0.3, -0.25) is 9.36 Å². The lowest BCUT2D eigenvalue weighted by atomic mass is 10.0. The van der Waals surface area contributed by atoms with Crippen LogP contribution in [0.25, 0.3) is 11.4 Å². The van der Waals surface area contributed by atoms with Crippen LogP contribution >= 0.6 is 0 Å². The highest BCUT2D eigenvalue weighted by atomic mass is 16.1. The minimum atomic E-state index is -0.0383. The first-order valence-electron chi connectivity index (χ1n) is 7.87. The van der Waals surface area contributed by atoms with E-state index in [0.29, 0.717) is 23.5 Å². The summed E-state index contributed by atoms with van der Waals surface area (Å²) in [5.41, 5.74) is 1.28. The summed E-state index contributed by atoms with van der Waals surface area (Å²) in [4.78, 5) is 27.6. The Morgan fingerprint density at radius 1 is 1.14 bits per heavy atom. The van der Waals surface area contributed by atoms with Gasteiger partial charge in [-0.25, -0.2) is 15.0 Å². The van der Waals surface area contributed by atoms with Gasteiger partial charge in [0.2, 0.25) is 5.95 Å². The zero-order valence-corrected chi connectivity index (χ0v) is 12.6. The monoisotopic (exact) mass is 297 g/mol. The highest BCUT2D eigenvalue weighted by Crippen LogP contribution is 2.38. The minimum absolute atomic E-state index is 0.0383. The lowest BCUT2D eigenvalue weighted by Gasteiger charge is -2.36. The summed E-state index contributed by atoms with van der Waals surface area (Å²) >= 11 is 0. The molecule has 0 aliphatic carbocycles. The van der Waals surface area contributed by atoms with Gasteiger partial charge < -0.3 is 4.90 Å². The fraction of sp³-hybridized carbons (Fsp3) is 0.500. The van der Waals surface area contributed by atoms with E-state index in [-0.39, 0.29) is 5.56 Å². The quantitative estimate of drug-likeness (QED) is 0.845. The first-order chi connectivity index (χ1) is 10.7. The Morgan fingerprint density at radius 2 is 1.91 bits per heavy atom. The van der Waals surface area contributed by atoms with Crippen LogP contribution in [0.5, 0.6) is 0 Å². The van der Waals surface area contributed by atoms with Crippen LogP contribution in [0.15, 0.2) is 29.5 Å². The van der Waals surface area contributed by atoms with E-state index in [2.05, 4.69) is 14.9 Å². The summed E-state index contributed by atoms with van der Waals surface area (Å²) in [7, 11) is 1.81. The van der Waals surface area contributed by atoms with Gasteiger partial charge in [-0.15, -0.1) is 0 Å². The molecule has 0 aromatic carbocycles. The van der Waals surface area contributed by atoms with Crippen molar-refractivity contribution in [3.63, 3.8) is 0 Å². The van der Waals surface area contributed by atoms with Crippen LogP contribution in [0, 0.1) is 0 Å². The number of hydrogen-bond donors (Lipinski definition) is 0. The number of hydrogen-bond acceptors (Lipinski definition) is 5. The molecule has 114 valence electrons. The van der Waals surface area contributed by atoms with Crippen molar-refractivity contribution in [3.05, 3.63) is 35.0 Å². The van der Waals surface area contributed by atoms with E-state index < -0.39 is 0 Å². The Kier molecular flexibility index (Phi) is 3.17. The molecule has 2 aromatic heterocycles. The van der Waals surface area contributed by atoms with Crippen LogP contribution in [0.2, 0.25) is 0 Å². The van der Waals surface area contributed by atoms with E-state index in [1.807, 2.05) is 7.05 Å². The Hall–Kier alpha value is -2.24. The van der Waals surface area contributed by atoms with Crippen molar-refractivity contribution in [2.24, 2.45) is 7.05 Å². The third-order valence-electron chi connectivity index (χ3n) is 4.88. The summed E-state index contributed by atoms with van der Waals surface area (Å²) in [6.45, 7) is 0. The molecule has 6 nitrogen and oxygen atoms in total. The normalized spacial score (nSPS) is 23.8. The predicted molar refractivity (Wildman–Crippen MR) is 83.6 cm³/mol. The maximum atomic E-state index is 12.4. The van der Waals surface area contributed by atoms with Crippen LogP contribution in [-0.4, -0.2) is 31.6 Å². The third kappa shape index (κ3) is 2.10. The first kappa shape index (κ1) is 13.4. The van der Waals surface area contributed by atoms with Gasteiger partial charge in [0.15, 0.2) is 0 Å². The summed E-state index contributed by atoms with van der Waals surface area (Å²) < 4.78 is 1.67. The van der Waals surface area contributed by atoms with Gasteiger partial charge in [0.1, 0.15) is 6.33 Å². The SMILES string of the molecule is Cn1c(N2C3CCCC2CC3)nc(-c2ccncn2)cc1=O. The Balaban J connectivity index is 1.83. The van der Waals surface area contributed by atoms with E-state index in [1.165, 1.54) is 38.4 Å². The molecule has 0 spiro atoms. The molecule has 4 rings (SSSR count). The predicted octanol–water partition coefficient (Wildman–Crippen LogP) is 1.76. The number of anilines is 1. The number of aromatic nitrogens is 4. The van der Waals surface area contributed by atoms with Crippen molar-refractivity contribution in [1.29, 1.82) is 0 Å². The molecule has 2 aliphatic heterocycles. The number of rotatable bonds is 2. The maximum absolute atomic E-state index is 12.4. The summed E-state index contributed by atoms with van der Waals surface area (Å²) in [6, 6.07) is 4.39. The number of fused-ring (bicyclic) bond motifs is 2. The number of nitrogens with zero attached hydrogens (tertiary/aromatic N) is 5. The van der Waals surface area contributed by atoms with Crippen molar-refractivity contribution < 1.29 is 0 Å². The average Bonchev–Trinajstić information content (AvgIpc) is 2.79. The molecule has 22 heavy (non-hydrogen) atoms. The fourth-order valence-corrected chi connectivity index (χ4v) is 3.78. The minimum Gasteiger partial charge on any atom is -0.336 e. The topological polar surface area (TPSA) is 63.9 Å². The van der Waals surface area contributed by atoms with Gasteiger partial charge in [-0.1, -0.05) is 0 Å². The van der Waals surface area contributed by atoms with Gasteiger partial charge in [-0.2, -0.15) is 0 Å². The molecule has 0 saturated carbocycles. The van der Waals surface area contributed by atoms with Crippen molar-refractivity contribution in [3.8, 4) is 11.4 Å². The molecule has 2 unspecified atom stereocenters. The highest BCUT2D eigenvalue weighted by molar-refractivity contribution is 5.55. The second-order valence-electron chi connectivity index (χ2n) is 6.16. The van der Waals surface area contributed by atoms with E-state index in [9.17, 15) is 4.79 Å². The Labute approximate surface area is 128 Å². The Morgan fingerprint density at radius 3 is 2.59 bits per heavy atom. The Bertz CT molecular complexity index is 726. The zero-order chi connectivity index (χ0) is 15.1. The van der Waals surface area contributed by atoms with E-state index >= 15 is 0 Å². The van der Waals surface area contributed by atoms with Gasteiger partial charge >= 0.3 is 0 Å². The van der Waals surface area contributed by atoms with Gasteiger partial charge in [0.25, 0.3) is 5.56 Å². The second-order valence-corrected chi connectivity index (χ2v) is 6.16. The van der Waals surface area contributed by atoms with Gasteiger partial charge in [-0.05, 0) is 38.2 Å². The molecule has 2 bridgehead atoms. The van der Waals surface area contributed by atoms with Gasteiger partial charge in [0, 0.05) is 31.4 Å². The van der Waals surface area contributed by atoms with E-state index in [0.717, 1.165) is 5.95 Å². The largest absolute Gasteiger partial charge is 0.336 e. The van der Waals surface area contributed by atoms with E-state index in [4.69, 9.17) is 4.98 Å². The lowest BCUT2D eigenvalue weighted by Crippen LogP contribution is -2.43. The zero-order valence-electron chi connectivity index (χ0n) is 12.6. The molecule has 0 radical (unpaired) electrons. The molecule has 4 heterocycles. The molecule has 2 saturated heterocycles. The molecular formula is C16H19N5O. The van der Waals surface area contributed by atoms with Gasteiger partial charge in [0.05, 0.1) is 11.4 Å². The van der Waals surface area contributed by atoms with Crippen LogP contribution in [0.3, 0.4) is 0 Å². The van der Waals surface area contributed by atoms with Crippen molar-refractivity contribution >= 4 is 5.95 Å². The van der Waals surface area contributed by atoms with Crippen molar-refractivity contribution in [2.45, 2.75) is 44.2 Å². The molecule has 2 aromatic rings. The first-order valence-corrected chi connectivity index (χ1v) is 7.87. The van der Waals surface area contributed by atoms with Crippen LogP contribution in [-0.2, 0) is 7.05 Å². The van der Waals surface area contributed by atoms with Crippen molar-refractivity contribution in [2.75, 3.05) is 4.90 Å². The summed E-state index contributed by atoms with van der Waals surface area (Å²) in [5, 5.41) is 0. The van der Waals surface area contributed by atoms with Crippen LogP contribution < -0.4 is 10.5 Å². The van der Waals surface area contributed by atoms with Crippen LogP contribution in [0.1, 0.15) is 32.1 Å². The standard InChI is InChI=1S/C16H19N5O/c1-20-15(22)9-14(13-7-8-17-10-18-13)19-16(20)21-11-3-2-4-12(21)6-5-11/h7-12H,2-6H2,1H3. The van der Waals surface area contributed by atoms with Crippen LogP contribution in [0.4, 0.5) is 5.95 Å². The van der Waals surface area contributed by atoms with Crippen molar-refractivity contribution in [1.82, 2.24) is 19.5 Å². The third-order valence-corrected chi connectivity index (χ3v) is 4.88. The highest BCUT2D eigenvalue weighted by Gasteiger charge is 2.38. The second kappa shape index (κ2) is 5.19. The lowest BCUT2D eigenvalue weighted by molar-refractivity contribution is 0.453. The molecule has 2 aliphatic rings. The molecule has 0 amide bonds. The molecule has 2 atom stereocenters. The summed E-state index contributed by atoms with van der Waals surface area (Å²) in [5.74, 6) is 0.785. The summed E-state index contributed by atoms with van der Waals surface area (Å²) in [6.07, 6.45) is 9.25. The molecule has 2 fully saturated rings.